The molecule has 0 aliphatic carbocycles. The lowest BCUT2D eigenvalue weighted by Crippen LogP contribution is -2.53. The maximum Gasteiger partial charge on any atom is 0.264 e. The van der Waals surface area contributed by atoms with E-state index in [0.717, 1.165) is 26.6 Å². The molecule has 2 amide bonds. The molecular formula is C34H37N3O4S. The van der Waals surface area contributed by atoms with E-state index in [-0.39, 0.29) is 23.8 Å². The molecule has 0 heterocycles. The Morgan fingerprint density at radius 3 is 2.05 bits per heavy atom. The second-order valence-corrected chi connectivity index (χ2v) is 12.3. The number of carbonyl (C=O) groups excluding carboxylic acids is 2. The van der Waals surface area contributed by atoms with Gasteiger partial charge < -0.3 is 10.2 Å². The fraction of sp³-hybridized carbons (Fsp3) is 0.235. The van der Waals surface area contributed by atoms with E-state index in [2.05, 4.69) is 5.32 Å². The normalized spacial score (nSPS) is 11.9. The molecule has 0 aliphatic heterocycles. The number of sulfonamides is 1. The third-order valence-corrected chi connectivity index (χ3v) is 9.00. The van der Waals surface area contributed by atoms with Crippen molar-refractivity contribution in [3.63, 3.8) is 0 Å². The van der Waals surface area contributed by atoms with E-state index >= 15 is 0 Å². The molecule has 0 aliphatic rings. The molecule has 4 rings (SSSR count). The number of anilines is 1. The minimum Gasteiger partial charge on any atom is -0.357 e. The third-order valence-electron chi connectivity index (χ3n) is 7.22. The SMILES string of the molecule is CNC(=O)C(Cc1ccccc1)N(Cc1cccc(C)c1)C(=O)CN(c1ccccc1C)S(=O)(=O)c1ccc(C)cc1. The van der Waals surface area contributed by atoms with Gasteiger partial charge in [0.05, 0.1) is 10.6 Å². The molecule has 4 aromatic carbocycles. The van der Waals surface area contributed by atoms with Crippen LogP contribution in [0.4, 0.5) is 5.69 Å². The van der Waals surface area contributed by atoms with Crippen LogP contribution in [0.3, 0.4) is 0 Å². The maximum atomic E-state index is 14.4. The average molecular weight is 584 g/mol. The summed E-state index contributed by atoms with van der Waals surface area (Å²) < 4.78 is 29.3. The predicted octanol–water partition coefficient (Wildman–Crippen LogP) is 5.19. The first-order chi connectivity index (χ1) is 20.1. The lowest BCUT2D eigenvalue weighted by Gasteiger charge is -2.34. The van der Waals surface area contributed by atoms with Crippen molar-refractivity contribution in [1.82, 2.24) is 10.2 Å². The summed E-state index contributed by atoms with van der Waals surface area (Å²) >= 11 is 0. The van der Waals surface area contributed by atoms with Crippen molar-refractivity contribution < 1.29 is 18.0 Å². The number of hydrogen-bond donors (Lipinski definition) is 1. The van der Waals surface area contributed by atoms with Crippen LogP contribution in [-0.4, -0.2) is 44.8 Å². The van der Waals surface area contributed by atoms with E-state index in [1.165, 1.54) is 11.9 Å². The highest BCUT2D eigenvalue weighted by Gasteiger charge is 2.34. The molecule has 1 unspecified atom stereocenters. The first-order valence-electron chi connectivity index (χ1n) is 13.9. The van der Waals surface area contributed by atoms with Gasteiger partial charge in [-0.1, -0.05) is 96.1 Å². The van der Waals surface area contributed by atoms with Gasteiger partial charge in [0.2, 0.25) is 11.8 Å². The number of amides is 2. The highest BCUT2D eigenvalue weighted by atomic mass is 32.2. The molecule has 0 radical (unpaired) electrons. The third kappa shape index (κ3) is 7.25. The smallest absolute Gasteiger partial charge is 0.264 e. The Hall–Kier alpha value is -4.43. The Balaban J connectivity index is 1.80. The van der Waals surface area contributed by atoms with Crippen LogP contribution in [0.15, 0.2) is 108 Å². The quantitative estimate of drug-likeness (QED) is 0.263. The van der Waals surface area contributed by atoms with E-state index in [9.17, 15) is 18.0 Å². The lowest BCUT2D eigenvalue weighted by molar-refractivity contribution is -0.139. The van der Waals surface area contributed by atoms with Crippen LogP contribution in [-0.2, 0) is 32.6 Å². The number of carbonyl (C=O) groups is 2. The van der Waals surface area contributed by atoms with Crippen LogP contribution in [0.5, 0.6) is 0 Å². The predicted molar refractivity (Wildman–Crippen MR) is 167 cm³/mol. The van der Waals surface area contributed by atoms with Gasteiger partial charge in [-0.2, -0.15) is 0 Å². The lowest BCUT2D eigenvalue weighted by atomic mass is 10.0. The zero-order valence-electron chi connectivity index (χ0n) is 24.4. The van der Waals surface area contributed by atoms with Gasteiger partial charge in [0.25, 0.3) is 10.0 Å². The number of benzene rings is 4. The minimum atomic E-state index is -4.13. The summed E-state index contributed by atoms with van der Waals surface area (Å²) in [6.07, 6.45) is 0.271. The van der Waals surface area contributed by atoms with Gasteiger partial charge in [-0.25, -0.2) is 8.42 Å². The van der Waals surface area contributed by atoms with Crippen LogP contribution in [0.25, 0.3) is 0 Å². The number of nitrogens with one attached hydrogen (secondary N) is 1. The van der Waals surface area contributed by atoms with Gasteiger partial charge in [0.15, 0.2) is 0 Å². The van der Waals surface area contributed by atoms with Crippen LogP contribution >= 0.6 is 0 Å². The van der Waals surface area contributed by atoms with Gasteiger partial charge in [0, 0.05) is 20.0 Å². The number of para-hydroxylation sites is 1. The van der Waals surface area contributed by atoms with Crippen LogP contribution in [0.2, 0.25) is 0 Å². The van der Waals surface area contributed by atoms with Crippen molar-refractivity contribution in [3.05, 3.63) is 131 Å². The summed E-state index contributed by atoms with van der Waals surface area (Å²) in [5.74, 6) is -0.816. The Kier molecular flexibility index (Phi) is 9.80. The zero-order valence-corrected chi connectivity index (χ0v) is 25.3. The highest BCUT2D eigenvalue weighted by Crippen LogP contribution is 2.28. The number of hydrogen-bond acceptors (Lipinski definition) is 4. The van der Waals surface area contributed by atoms with Gasteiger partial charge in [0.1, 0.15) is 12.6 Å². The van der Waals surface area contributed by atoms with Gasteiger partial charge >= 0.3 is 0 Å². The van der Waals surface area contributed by atoms with E-state index < -0.39 is 28.5 Å². The molecule has 1 N–H and O–H groups in total. The number of rotatable bonds is 11. The summed E-state index contributed by atoms with van der Waals surface area (Å²) in [6.45, 7) is 5.31. The molecule has 0 saturated carbocycles. The molecule has 0 fully saturated rings. The standard InChI is InChI=1S/C34H37N3O4S/c1-25-17-19-30(20-18-25)42(40,41)37(31-16-9-8-12-27(31)3)24-33(38)36(23-29-15-10-11-26(2)21-29)32(34(39)35-4)22-28-13-6-5-7-14-28/h5-21,32H,22-24H2,1-4H3,(H,35,39). The largest absolute Gasteiger partial charge is 0.357 e. The van der Waals surface area contributed by atoms with Crippen molar-refractivity contribution in [3.8, 4) is 0 Å². The molecule has 1 atom stereocenters. The number of aryl methyl sites for hydroxylation is 3. The fourth-order valence-electron chi connectivity index (χ4n) is 4.92. The second kappa shape index (κ2) is 13.5. The zero-order chi connectivity index (χ0) is 30.3. The van der Waals surface area contributed by atoms with E-state index in [1.807, 2.05) is 87.5 Å². The van der Waals surface area contributed by atoms with Crippen LogP contribution < -0.4 is 9.62 Å². The molecule has 42 heavy (non-hydrogen) atoms. The Labute approximate surface area is 248 Å². The monoisotopic (exact) mass is 583 g/mol. The molecule has 0 saturated heterocycles. The van der Waals surface area contributed by atoms with E-state index in [4.69, 9.17) is 0 Å². The van der Waals surface area contributed by atoms with Crippen molar-refractivity contribution in [2.24, 2.45) is 0 Å². The fourth-order valence-corrected chi connectivity index (χ4v) is 6.40. The average Bonchev–Trinajstić information content (AvgIpc) is 2.98. The first-order valence-corrected chi connectivity index (χ1v) is 15.3. The van der Waals surface area contributed by atoms with Crippen LogP contribution in [0.1, 0.15) is 27.8 Å². The van der Waals surface area contributed by atoms with E-state index in [1.54, 1.807) is 36.4 Å². The molecule has 0 bridgehead atoms. The van der Waals surface area contributed by atoms with Gasteiger partial charge in [-0.15, -0.1) is 0 Å². The van der Waals surface area contributed by atoms with Crippen molar-refractivity contribution >= 4 is 27.5 Å². The molecule has 0 spiro atoms. The topological polar surface area (TPSA) is 86.8 Å². The van der Waals surface area contributed by atoms with Gasteiger partial charge in [-0.3, -0.25) is 13.9 Å². The Bertz CT molecular complexity index is 1640. The molecule has 8 heteroatoms. The minimum absolute atomic E-state index is 0.0847. The number of likely N-dealkylation sites (N-methyl/N-ethyl adjacent to an activating group) is 1. The summed E-state index contributed by atoms with van der Waals surface area (Å²) in [4.78, 5) is 29.3. The van der Waals surface area contributed by atoms with Gasteiger partial charge in [-0.05, 0) is 55.7 Å². The Morgan fingerprint density at radius 2 is 1.40 bits per heavy atom. The maximum absolute atomic E-state index is 14.4. The van der Waals surface area contributed by atoms with E-state index in [0.29, 0.717) is 11.3 Å². The summed E-state index contributed by atoms with van der Waals surface area (Å²) in [6, 6.07) is 30.0. The van der Waals surface area contributed by atoms with Crippen molar-refractivity contribution in [1.29, 1.82) is 0 Å². The molecule has 218 valence electrons. The molecular weight excluding hydrogens is 546 g/mol. The van der Waals surface area contributed by atoms with Crippen molar-refractivity contribution in [2.75, 3.05) is 17.9 Å². The first kappa shape index (κ1) is 30.5. The second-order valence-electron chi connectivity index (χ2n) is 10.4. The summed E-state index contributed by atoms with van der Waals surface area (Å²) in [5.41, 5.74) is 4.78. The number of nitrogens with zero attached hydrogens (tertiary/aromatic N) is 2. The molecule has 4 aromatic rings. The highest BCUT2D eigenvalue weighted by molar-refractivity contribution is 7.92. The van der Waals surface area contributed by atoms with Crippen molar-refractivity contribution in [2.45, 2.75) is 44.7 Å². The molecule has 7 nitrogen and oxygen atoms in total. The van der Waals surface area contributed by atoms with Crippen LogP contribution in [0, 0.1) is 20.8 Å². The summed E-state index contributed by atoms with van der Waals surface area (Å²) in [7, 11) is -2.59. The molecule has 0 aromatic heterocycles. The Morgan fingerprint density at radius 1 is 0.762 bits per heavy atom. The summed E-state index contributed by atoms with van der Waals surface area (Å²) in [5, 5.41) is 2.71.